The van der Waals surface area contributed by atoms with Gasteiger partial charge < -0.3 is 10.2 Å². The Bertz CT molecular complexity index is 707. The van der Waals surface area contributed by atoms with E-state index in [1.165, 1.54) is 12.8 Å². The molecule has 1 saturated heterocycles. The van der Waals surface area contributed by atoms with Gasteiger partial charge in [0.15, 0.2) is 0 Å². The summed E-state index contributed by atoms with van der Waals surface area (Å²) in [5.41, 5.74) is 1.07. The summed E-state index contributed by atoms with van der Waals surface area (Å²) in [6, 6.07) is 7.95. The van der Waals surface area contributed by atoms with Crippen molar-refractivity contribution < 1.29 is 4.79 Å². The third-order valence-corrected chi connectivity index (χ3v) is 5.29. The molecule has 1 amide bonds. The van der Waals surface area contributed by atoms with Crippen LogP contribution < -0.4 is 10.2 Å². The minimum absolute atomic E-state index is 0.0888. The summed E-state index contributed by atoms with van der Waals surface area (Å²) in [6.45, 7) is 2.66. The van der Waals surface area contributed by atoms with E-state index in [-0.39, 0.29) is 5.91 Å². The zero-order valence-corrected chi connectivity index (χ0v) is 15.1. The summed E-state index contributed by atoms with van der Waals surface area (Å²) >= 11 is 5.01. The lowest BCUT2D eigenvalue weighted by atomic mass is 10.2. The van der Waals surface area contributed by atoms with E-state index in [1.54, 1.807) is 17.4 Å². The average molecular weight is 392 g/mol. The van der Waals surface area contributed by atoms with Gasteiger partial charge in [-0.25, -0.2) is 4.98 Å². The standard InChI is InChI=1S/C17H18BrN3OS/c18-15-5-3-14(23-15)4-6-17(22)20-12-13-7-8-19-16(11-13)21-9-1-2-10-21/h3-8,11H,1-2,9-10,12H2,(H,20,22)/b6-4-. The molecule has 1 aliphatic rings. The molecule has 0 bridgehead atoms. The number of hydrogen-bond acceptors (Lipinski definition) is 4. The number of anilines is 1. The molecule has 6 heteroatoms. The third kappa shape index (κ3) is 4.65. The number of carbonyl (C=O) groups excluding carboxylic acids is 1. The molecule has 0 radical (unpaired) electrons. The number of rotatable bonds is 5. The van der Waals surface area contributed by atoms with Crippen molar-refractivity contribution in [3.63, 3.8) is 0 Å². The molecule has 0 atom stereocenters. The van der Waals surface area contributed by atoms with Crippen LogP contribution in [0.15, 0.2) is 40.3 Å². The molecule has 1 N–H and O–H groups in total. The van der Waals surface area contributed by atoms with Crippen LogP contribution >= 0.6 is 27.3 Å². The van der Waals surface area contributed by atoms with Gasteiger partial charge in [0.05, 0.1) is 3.79 Å². The van der Waals surface area contributed by atoms with Crippen LogP contribution in [0.2, 0.25) is 0 Å². The summed E-state index contributed by atoms with van der Waals surface area (Å²) < 4.78 is 1.06. The number of aromatic nitrogens is 1. The van der Waals surface area contributed by atoms with Crippen molar-refractivity contribution in [2.24, 2.45) is 0 Å². The van der Waals surface area contributed by atoms with Crippen LogP contribution in [0.1, 0.15) is 23.3 Å². The zero-order chi connectivity index (χ0) is 16.1. The molecule has 3 rings (SSSR count). The lowest BCUT2D eigenvalue weighted by Gasteiger charge is -2.16. The predicted molar refractivity (Wildman–Crippen MR) is 98.6 cm³/mol. The van der Waals surface area contributed by atoms with Crippen molar-refractivity contribution >= 4 is 45.1 Å². The highest BCUT2D eigenvalue weighted by Crippen LogP contribution is 2.23. The summed E-state index contributed by atoms with van der Waals surface area (Å²) in [6.07, 6.45) is 7.67. The minimum atomic E-state index is -0.0888. The first kappa shape index (κ1) is 16.2. The maximum atomic E-state index is 11.9. The largest absolute Gasteiger partial charge is 0.357 e. The van der Waals surface area contributed by atoms with E-state index in [0.29, 0.717) is 6.54 Å². The Labute approximate surface area is 148 Å². The Morgan fingerprint density at radius 3 is 2.91 bits per heavy atom. The van der Waals surface area contributed by atoms with Crippen molar-refractivity contribution in [2.75, 3.05) is 18.0 Å². The van der Waals surface area contributed by atoms with Crippen molar-refractivity contribution in [2.45, 2.75) is 19.4 Å². The Hall–Kier alpha value is -1.66. The molecule has 0 unspecified atom stereocenters. The van der Waals surface area contributed by atoms with Gasteiger partial charge in [0.25, 0.3) is 0 Å². The van der Waals surface area contributed by atoms with Crippen molar-refractivity contribution in [1.82, 2.24) is 10.3 Å². The maximum absolute atomic E-state index is 11.9. The number of hydrogen-bond donors (Lipinski definition) is 1. The zero-order valence-electron chi connectivity index (χ0n) is 12.7. The van der Waals surface area contributed by atoms with Crippen molar-refractivity contribution in [3.05, 3.63) is 50.8 Å². The average Bonchev–Trinajstić information content (AvgIpc) is 3.23. The Balaban J connectivity index is 1.54. The van der Waals surface area contributed by atoms with E-state index in [0.717, 1.165) is 33.1 Å². The van der Waals surface area contributed by atoms with Gasteiger partial charge >= 0.3 is 0 Å². The molecule has 0 aliphatic carbocycles. The van der Waals surface area contributed by atoms with E-state index < -0.39 is 0 Å². The Morgan fingerprint density at radius 1 is 1.35 bits per heavy atom. The van der Waals surface area contributed by atoms with Gasteiger partial charge in [0, 0.05) is 36.8 Å². The second-order valence-corrected chi connectivity index (χ2v) is 7.90. The molecular formula is C17H18BrN3OS. The number of pyridine rings is 1. The van der Waals surface area contributed by atoms with Gasteiger partial charge in [-0.2, -0.15) is 0 Å². The molecule has 23 heavy (non-hydrogen) atoms. The molecular weight excluding hydrogens is 374 g/mol. The van der Waals surface area contributed by atoms with Crippen LogP contribution in [-0.4, -0.2) is 24.0 Å². The molecule has 4 nitrogen and oxygen atoms in total. The van der Waals surface area contributed by atoms with Gasteiger partial charge in [0.1, 0.15) is 5.82 Å². The number of thiophene rings is 1. The monoisotopic (exact) mass is 391 g/mol. The molecule has 1 fully saturated rings. The molecule has 2 aromatic rings. The lowest BCUT2D eigenvalue weighted by molar-refractivity contribution is -0.116. The predicted octanol–water partition coefficient (Wildman–Crippen LogP) is 3.84. The highest BCUT2D eigenvalue weighted by Gasteiger charge is 2.13. The Kier molecular flexibility index (Phi) is 5.46. The molecule has 1 aliphatic heterocycles. The summed E-state index contributed by atoms with van der Waals surface area (Å²) in [5, 5.41) is 2.91. The SMILES string of the molecule is O=C(/C=C\c1ccc(Br)s1)NCc1ccnc(N2CCCC2)c1. The van der Waals surface area contributed by atoms with Crippen molar-refractivity contribution in [1.29, 1.82) is 0 Å². The van der Waals surface area contributed by atoms with E-state index in [2.05, 4.69) is 37.2 Å². The van der Waals surface area contributed by atoms with E-state index in [1.807, 2.05) is 30.5 Å². The van der Waals surface area contributed by atoms with Gasteiger partial charge in [-0.3, -0.25) is 4.79 Å². The first-order chi connectivity index (χ1) is 11.2. The number of carbonyl (C=O) groups is 1. The molecule has 0 aromatic carbocycles. The molecule has 0 saturated carbocycles. The summed E-state index contributed by atoms with van der Waals surface area (Å²) in [5.74, 6) is 0.919. The van der Waals surface area contributed by atoms with Gasteiger partial charge in [-0.15, -0.1) is 11.3 Å². The quantitative estimate of drug-likeness (QED) is 0.787. The van der Waals surface area contributed by atoms with Gasteiger partial charge in [0.2, 0.25) is 5.91 Å². The number of halogens is 1. The van der Waals surface area contributed by atoms with Gasteiger partial charge in [-0.05, 0) is 64.7 Å². The van der Waals surface area contributed by atoms with Crippen LogP contribution in [0, 0.1) is 0 Å². The molecule has 2 aromatic heterocycles. The normalized spacial score (nSPS) is 14.6. The first-order valence-electron chi connectivity index (χ1n) is 7.62. The van der Waals surface area contributed by atoms with Crippen LogP contribution in [0.3, 0.4) is 0 Å². The van der Waals surface area contributed by atoms with Gasteiger partial charge in [-0.1, -0.05) is 0 Å². The van der Waals surface area contributed by atoms with Crippen LogP contribution in [-0.2, 0) is 11.3 Å². The lowest BCUT2D eigenvalue weighted by Crippen LogP contribution is -2.22. The topological polar surface area (TPSA) is 45.2 Å². The fourth-order valence-corrected chi connectivity index (χ4v) is 3.84. The smallest absolute Gasteiger partial charge is 0.244 e. The second kappa shape index (κ2) is 7.75. The highest BCUT2D eigenvalue weighted by molar-refractivity contribution is 9.11. The number of nitrogens with one attached hydrogen (secondary N) is 1. The van der Waals surface area contributed by atoms with Crippen LogP contribution in [0.5, 0.6) is 0 Å². The maximum Gasteiger partial charge on any atom is 0.244 e. The second-order valence-electron chi connectivity index (χ2n) is 5.41. The number of amides is 1. The van der Waals surface area contributed by atoms with E-state index in [4.69, 9.17) is 0 Å². The summed E-state index contributed by atoms with van der Waals surface area (Å²) in [7, 11) is 0. The third-order valence-electron chi connectivity index (χ3n) is 3.70. The number of nitrogens with zero attached hydrogens (tertiary/aromatic N) is 2. The molecule has 0 spiro atoms. The highest BCUT2D eigenvalue weighted by atomic mass is 79.9. The van der Waals surface area contributed by atoms with Crippen LogP contribution in [0.25, 0.3) is 6.08 Å². The first-order valence-corrected chi connectivity index (χ1v) is 9.23. The minimum Gasteiger partial charge on any atom is -0.357 e. The van der Waals surface area contributed by atoms with Crippen LogP contribution in [0.4, 0.5) is 5.82 Å². The Morgan fingerprint density at radius 2 is 2.17 bits per heavy atom. The van der Waals surface area contributed by atoms with E-state index in [9.17, 15) is 4.79 Å². The molecule has 120 valence electrons. The fourth-order valence-electron chi connectivity index (χ4n) is 2.51. The van der Waals surface area contributed by atoms with E-state index >= 15 is 0 Å². The summed E-state index contributed by atoms with van der Waals surface area (Å²) in [4.78, 5) is 19.7. The fraction of sp³-hybridized carbons (Fsp3) is 0.294. The molecule has 3 heterocycles. The van der Waals surface area contributed by atoms with Crippen molar-refractivity contribution in [3.8, 4) is 0 Å².